The van der Waals surface area contributed by atoms with Gasteiger partial charge in [-0.2, -0.15) is 0 Å². The molecule has 0 aliphatic rings. The molecule has 0 aliphatic carbocycles. The number of carbonyl (C=O) groups is 1. The van der Waals surface area contributed by atoms with Crippen LogP contribution in [0.25, 0.3) is 0 Å². The van der Waals surface area contributed by atoms with Gasteiger partial charge in [-0.25, -0.2) is 4.79 Å². The molecule has 1 aromatic carbocycles. The van der Waals surface area contributed by atoms with Gasteiger partial charge in [0.2, 0.25) is 0 Å². The molecule has 0 fully saturated rings. The Hall–Kier alpha value is -0.810. The monoisotopic (exact) mass is 319 g/mol. The number of halogens is 2. The van der Waals surface area contributed by atoms with Gasteiger partial charge in [0.1, 0.15) is 5.75 Å². The van der Waals surface area contributed by atoms with E-state index < -0.39 is 6.09 Å². The summed E-state index contributed by atoms with van der Waals surface area (Å²) in [7, 11) is 0. The van der Waals surface area contributed by atoms with Gasteiger partial charge < -0.3 is 4.74 Å². The van der Waals surface area contributed by atoms with Crippen molar-refractivity contribution in [2.24, 2.45) is 0 Å². The zero-order valence-corrected chi connectivity index (χ0v) is 10.3. The van der Waals surface area contributed by atoms with E-state index in [9.17, 15) is 4.79 Å². The summed E-state index contributed by atoms with van der Waals surface area (Å²) in [4.78, 5) is 11.0. The average Bonchev–Trinajstić information content (AvgIpc) is 2.10. The van der Waals surface area contributed by atoms with Crippen LogP contribution in [0.15, 0.2) is 39.9 Å². The maximum absolute atomic E-state index is 11.0. The van der Waals surface area contributed by atoms with Crippen molar-refractivity contribution in [2.45, 2.75) is 0 Å². The molecule has 0 saturated carbocycles. The van der Waals surface area contributed by atoms with E-state index in [1.54, 1.807) is 18.2 Å². The van der Waals surface area contributed by atoms with Crippen molar-refractivity contribution in [3.05, 3.63) is 39.9 Å². The Balaban J connectivity index is 2.76. The van der Waals surface area contributed by atoms with E-state index in [0.717, 1.165) is 4.47 Å². The number of amides is 1. The van der Waals surface area contributed by atoms with Crippen molar-refractivity contribution in [3.8, 4) is 5.75 Å². The van der Waals surface area contributed by atoms with Crippen LogP contribution >= 0.6 is 31.9 Å². The van der Waals surface area contributed by atoms with Crippen molar-refractivity contribution >= 4 is 38.0 Å². The summed E-state index contributed by atoms with van der Waals surface area (Å²) in [6, 6.07) is 5.24. The highest BCUT2D eigenvalue weighted by atomic mass is 79.9. The highest BCUT2D eigenvalue weighted by molar-refractivity contribution is 9.11. The number of ether oxygens (including phenoxy) is 1. The third kappa shape index (κ3) is 3.16. The largest absolute Gasteiger partial charge is 0.416 e. The molecule has 1 N–H and O–H groups in total. The first-order valence-electron chi connectivity index (χ1n) is 3.68. The first kappa shape index (κ1) is 11.3. The molecule has 0 aromatic heterocycles. The van der Waals surface area contributed by atoms with E-state index in [-0.39, 0.29) is 0 Å². The average molecular weight is 321 g/mol. The van der Waals surface area contributed by atoms with Gasteiger partial charge in [-0.15, -0.1) is 0 Å². The molecule has 14 heavy (non-hydrogen) atoms. The zero-order chi connectivity index (χ0) is 10.6. The molecule has 3 nitrogen and oxygen atoms in total. The lowest BCUT2D eigenvalue weighted by Crippen LogP contribution is -2.21. The molecule has 0 spiro atoms. The molecule has 1 aromatic rings. The molecule has 1 rings (SSSR count). The number of hydrogen-bond donors (Lipinski definition) is 1. The molecule has 0 aliphatic heterocycles. The Labute approximate surface area is 98.4 Å². The van der Waals surface area contributed by atoms with Crippen LogP contribution in [0.2, 0.25) is 0 Å². The summed E-state index contributed by atoms with van der Waals surface area (Å²) in [6.45, 7) is 3.35. The Morgan fingerprint density at radius 3 is 2.79 bits per heavy atom. The molecular formula is C9H7Br2NO2. The van der Waals surface area contributed by atoms with Gasteiger partial charge in [0.25, 0.3) is 0 Å². The second kappa shape index (κ2) is 5.17. The number of hydrogen-bond acceptors (Lipinski definition) is 2. The minimum absolute atomic E-state index is 0.451. The van der Waals surface area contributed by atoms with E-state index in [1.807, 2.05) is 0 Å². The van der Waals surface area contributed by atoms with Crippen molar-refractivity contribution in [2.75, 3.05) is 0 Å². The second-order valence-corrected chi connectivity index (χ2v) is 4.08. The van der Waals surface area contributed by atoms with Crippen LogP contribution < -0.4 is 10.1 Å². The second-order valence-electron chi connectivity index (χ2n) is 2.31. The molecule has 74 valence electrons. The molecule has 0 atom stereocenters. The minimum Gasteiger partial charge on any atom is -0.409 e. The van der Waals surface area contributed by atoms with Crippen molar-refractivity contribution in [1.29, 1.82) is 0 Å². The van der Waals surface area contributed by atoms with Crippen LogP contribution in [0.4, 0.5) is 4.79 Å². The van der Waals surface area contributed by atoms with Crippen LogP contribution in [0.5, 0.6) is 5.75 Å². The summed E-state index contributed by atoms with van der Waals surface area (Å²) in [5.74, 6) is 0.451. The minimum atomic E-state index is -0.567. The van der Waals surface area contributed by atoms with Crippen LogP contribution in [0.1, 0.15) is 0 Å². The molecule has 1 amide bonds. The fraction of sp³-hybridized carbons (Fsp3) is 0. The molecular weight excluding hydrogens is 314 g/mol. The lowest BCUT2D eigenvalue weighted by molar-refractivity contribution is 0.204. The molecule has 0 radical (unpaired) electrons. The Bertz CT molecular complexity index is 366. The van der Waals surface area contributed by atoms with Gasteiger partial charge >= 0.3 is 6.09 Å². The summed E-state index contributed by atoms with van der Waals surface area (Å²) < 4.78 is 6.56. The van der Waals surface area contributed by atoms with E-state index in [2.05, 4.69) is 43.8 Å². The molecule has 0 saturated heterocycles. The summed E-state index contributed by atoms with van der Waals surface area (Å²) in [5.41, 5.74) is 0. The first-order chi connectivity index (χ1) is 6.63. The fourth-order valence-electron chi connectivity index (χ4n) is 0.771. The smallest absolute Gasteiger partial charge is 0.409 e. The van der Waals surface area contributed by atoms with Gasteiger partial charge in [-0.3, -0.25) is 5.32 Å². The SMILES string of the molecule is C=CNC(=O)Oc1ccc(Br)cc1Br. The van der Waals surface area contributed by atoms with Gasteiger partial charge in [0.05, 0.1) is 4.47 Å². The molecule has 0 bridgehead atoms. The lowest BCUT2D eigenvalue weighted by Gasteiger charge is -2.05. The van der Waals surface area contributed by atoms with Crippen molar-refractivity contribution in [3.63, 3.8) is 0 Å². The topological polar surface area (TPSA) is 38.3 Å². The number of rotatable bonds is 2. The summed E-state index contributed by atoms with van der Waals surface area (Å²) in [5, 5.41) is 2.31. The van der Waals surface area contributed by atoms with E-state index in [1.165, 1.54) is 6.20 Å². The van der Waals surface area contributed by atoms with Crippen molar-refractivity contribution in [1.82, 2.24) is 5.32 Å². The van der Waals surface area contributed by atoms with Crippen LogP contribution in [0.3, 0.4) is 0 Å². The maximum atomic E-state index is 11.0. The van der Waals surface area contributed by atoms with Gasteiger partial charge in [-0.05, 0) is 40.3 Å². The van der Waals surface area contributed by atoms with E-state index in [0.29, 0.717) is 10.2 Å². The Morgan fingerprint density at radius 2 is 2.21 bits per heavy atom. The lowest BCUT2D eigenvalue weighted by atomic mass is 10.3. The molecule has 0 unspecified atom stereocenters. The zero-order valence-electron chi connectivity index (χ0n) is 7.09. The van der Waals surface area contributed by atoms with Gasteiger partial charge in [0, 0.05) is 4.47 Å². The van der Waals surface area contributed by atoms with Gasteiger partial charge in [0.15, 0.2) is 0 Å². The Kier molecular flexibility index (Phi) is 4.16. The quantitative estimate of drug-likeness (QED) is 0.906. The summed E-state index contributed by atoms with van der Waals surface area (Å²) >= 11 is 6.56. The molecule has 5 heteroatoms. The standard InChI is InChI=1S/C9H7Br2NO2/c1-2-12-9(13)14-8-4-3-6(10)5-7(8)11/h2-5H,1H2,(H,12,13). The molecule has 0 heterocycles. The maximum Gasteiger partial charge on any atom is 0.416 e. The highest BCUT2D eigenvalue weighted by Crippen LogP contribution is 2.28. The Morgan fingerprint density at radius 1 is 1.50 bits per heavy atom. The van der Waals surface area contributed by atoms with E-state index in [4.69, 9.17) is 4.74 Å². The normalized spacial score (nSPS) is 9.29. The van der Waals surface area contributed by atoms with E-state index >= 15 is 0 Å². The van der Waals surface area contributed by atoms with Crippen LogP contribution in [-0.2, 0) is 0 Å². The van der Waals surface area contributed by atoms with Crippen molar-refractivity contribution < 1.29 is 9.53 Å². The first-order valence-corrected chi connectivity index (χ1v) is 5.26. The number of benzene rings is 1. The van der Waals surface area contributed by atoms with Crippen LogP contribution in [0, 0.1) is 0 Å². The third-order valence-electron chi connectivity index (χ3n) is 1.32. The van der Waals surface area contributed by atoms with Gasteiger partial charge in [-0.1, -0.05) is 22.5 Å². The predicted molar refractivity (Wildman–Crippen MR) is 61.2 cm³/mol. The number of nitrogens with one attached hydrogen (secondary N) is 1. The number of carbonyl (C=O) groups excluding carboxylic acids is 1. The predicted octanol–water partition coefficient (Wildman–Crippen LogP) is 3.44. The van der Waals surface area contributed by atoms with Crippen LogP contribution in [-0.4, -0.2) is 6.09 Å². The fourth-order valence-corrected chi connectivity index (χ4v) is 1.90. The third-order valence-corrected chi connectivity index (χ3v) is 2.43. The summed E-state index contributed by atoms with van der Waals surface area (Å²) in [6.07, 6.45) is 0.692. The highest BCUT2D eigenvalue weighted by Gasteiger charge is 2.06.